The fourth-order valence-electron chi connectivity index (χ4n) is 3.12. The Bertz CT molecular complexity index is 891. The van der Waals surface area contributed by atoms with E-state index >= 15 is 0 Å². The van der Waals surface area contributed by atoms with Crippen LogP contribution in [0.3, 0.4) is 0 Å². The number of amides is 1. The fraction of sp³-hybridized carbons (Fsp3) is 0.278. The first-order chi connectivity index (χ1) is 12.7. The van der Waals surface area contributed by atoms with Crippen molar-refractivity contribution in [1.29, 1.82) is 0 Å². The van der Waals surface area contributed by atoms with E-state index < -0.39 is 0 Å². The van der Waals surface area contributed by atoms with Gasteiger partial charge in [-0.2, -0.15) is 5.10 Å². The number of aromatic amines is 1. The number of carbonyl (C=O) groups excluding carboxylic acids is 1. The van der Waals surface area contributed by atoms with Crippen molar-refractivity contribution in [2.24, 2.45) is 0 Å². The van der Waals surface area contributed by atoms with E-state index in [1.54, 1.807) is 18.5 Å². The van der Waals surface area contributed by atoms with Crippen molar-refractivity contribution in [2.75, 3.05) is 16.8 Å². The average Bonchev–Trinajstić information content (AvgIpc) is 3.32. The number of benzene rings is 1. The zero-order valence-electron chi connectivity index (χ0n) is 14.4. The number of nitrogens with one attached hydrogen (secondary N) is 2. The predicted octanol–water partition coefficient (Wildman–Crippen LogP) is 2.18. The number of rotatable bonds is 4. The summed E-state index contributed by atoms with van der Waals surface area (Å²) in [7, 11) is 0. The van der Waals surface area contributed by atoms with Crippen molar-refractivity contribution in [3.63, 3.8) is 0 Å². The Morgan fingerprint density at radius 3 is 2.69 bits per heavy atom. The second kappa shape index (κ2) is 6.91. The van der Waals surface area contributed by atoms with E-state index in [2.05, 4.69) is 30.5 Å². The second-order valence-electron chi connectivity index (χ2n) is 6.21. The molecule has 1 aliphatic heterocycles. The molecular formula is C18H19N7O. The molecule has 3 heterocycles. The third-order valence-corrected chi connectivity index (χ3v) is 4.37. The molecule has 8 nitrogen and oxygen atoms in total. The van der Waals surface area contributed by atoms with Crippen molar-refractivity contribution in [3.8, 4) is 11.4 Å². The van der Waals surface area contributed by atoms with Crippen LogP contribution in [0.2, 0.25) is 0 Å². The Morgan fingerprint density at radius 1 is 1.23 bits per heavy atom. The van der Waals surface area contributed by atoms with Crippen LogP contribution < -0.4 is 10.2 Å². The lowest BCUT2D eigenvalue weighted by atomic mass is 10.1. The van der Waals surface area contributed by atoms with Gasteiger partial charge in [0.05, 0.1) is 0 Å². The lowest BCUT2D eigenvalue weighted by molar-refractivity contribution is -0.117. The van der Waals surface area contributed by atoms with Crippen molar-refractivity contribution in [1.82, 2.24) is 25.1 Å². The number of hydrogen-bond donors (Lipinski definition) is 2. The Labute approximate surface area is 150 Å². The first-order valence-corrected chi connectivity index (χ1v) is 8.55. The molecule has 1 aromatic carbocycles. The number of anilines is 2. The average molecular weight is 349 g/mol. The summed E-state index contributed by atoms with van der Waals surface area (Å²) in [5.41, 5.74) is 1.64. The van der Waals surface area contributed by atoms with E-state index in [0.717, 1.165) is 36.5 Å². The lowest BCUT2D eigenvalue weighted by Gasteiger charge is -2.23. The fourth-order valence-corrected chi connectivity index (χ4v) is 3.12. The molecular weight excluding hydrogens is 330 g/mol. The second-order valence-corrected chi connectivity index (χ2v) is 6.21. The van der Waals surface area contributed by atoms with Crippen LogP contribution in [0.4, 0.5) is 11.6 Å². The van der Waals surface area contributed by atoms with Gasteiger partial charge in [-0.25, -0.2) is 15.0 Å². The topological polar surface area (TPSA) is 99.7 Å². The molecule has 0 bridgehead atoms. The molecule has 0 unspecified atom stereocenters. The van der Waals surface area contributed by atoms with Gasteiger partial charge >= 0.3 is 0 Å². The summed E-state index contributed by atoms with van der Waals surface area (Å²) in [5, 5.41) is 9.95. The van der Waals surface area contributed by atoms with Crippen LogP contribution >= 0.6 is 0 Å². The Morgan fingerprint density at radius 2 is 2.00 bits per heavy atom. The Balaban J connectivity index is 1.46. The van der Waals surface area contributed by atoms with Crippen LogP contribution in [0.1, 0.15) is 18.7 Å². The standard InChI is InChI=1S/C18H19N7O/c1-12-21-16(24-23-12)13-5-7-14(8-6-13)22-17(26)15-4-2-11-25(15)18-19-9-3-10-20-18/h3,5-10,15H,2,4,11H2,1H3,(H,22,26)(H,21,23,24)/t15-/m1/s1. The third kappa shape index (κ3) is 3.26. The van der Waals surface area contributed by atoms with Gasteiger partial charge in [0.2, 0.25) is 11.9 Å². The van der Waals surface area contributed by atoms with Gasteiger partial charge in [0, 0.05) is 30.2 Å². The highest BCUT2D eigenvalue weighted by atomic mass is 16.2. The van der Waals surface area contributed by atoms with Gasteiger partial charge in [0.1, 0.15) is 11.9 Å². The van der Waals surface area contributed by atoms with E-state index in [-0.39, 0.29) is 11.9 Å². The highest BCUT2D eigenvalue weighted by Crippen LogP contribution is 2.24. The first-order valence-electron chi connectivity index (χ1n) is 8.55. The van der Waals surface area contributed by atoms with Gasteiger partial charge in [0.15, 0.2) is 5.82 Å². The van der Waals surface area contributed by atoms with Crippen LogP contribution in [-0.2, 0) is 4.79 Å². The summed E-state index contributed by atoms with van der Waals surface area (Å²) >= 11 is 0. The molecule has 1 atom stereocenters. The summed E-state index contributed by atoms with van der Waals surface area (Å²) in [5.74, 6) is 1.96. The summed E-state index contributed by atoms with van der Waals surface area (Å²) < 4.78 is 0. The van der Waals surface area contributed by atoms with Crippen molar-refractivity contribution >= 4 is 17.5 Å². The van der Waals surface area contributed by atoms with Crippen LogP contribution in [0.15, 0.2) is 42.7 Å². The number of carbonyl (C=O) groups is 1. The zero-order valence-corrected chi connectivity index (χ0v) is 14.4. The molecule has 0 saturated carbocycles. The molecule has 1 aliphatic rings. The SMILES string of the molecule is Cc1nc(-c2ccc(NC(=O)[C@H]3CCCN3c3ncccn3)cc2)n[nH]1. The molecule has 1 fully saturated rings. The number of aryl methyl sites for hydroxylation is 1. The van der Waals surface area contributed by atoms with E-state index in [0.29, 0.717) is 11.8 Å². The van der Waals surface area contributed by atoms with E-state index in [4.69, 9.17) is 0 Å². The maximum atomic E-state index is 12.7. The zero-order chi connectivity index (χ0) is 17.9. The number of H-pyrrole nitrogens is 1. The molecule has 26 heavy (non-hydrogen) atoms. The maximum absolute atomic E-state index is 12.7. The molecule has 2 N–H and O–H groups in total. The largest absolute Gasteiger partial charge is 0.329 e. The van der Waals surface area contributed by atoms with Gasteiger partial charge in [-0.3, -0.25) is 9.89 Å². The molecule has 0 aliphatic carbocycles. The molecule has 3 aromatic rings. The van der Waals surface area contributed by atoms with Crippen molar-refractivity contribution in [2.45, 2.75) is 25.8 Å². The van der Waals surface area contributed by atoms with Crippen molar-refractivity contribution < 1.29 is 4.79 Å². The first kappa shape index (κ1) is 16.2. The molecule has 132 valence electrons. The molecule has 1 saturated heterocycles. The monoisotopic (exact) mass is 349 g/mol. The maximum Gasteiger partial charge on any atom is 0.247 e. The Kier molecular flexibility index (Phi) is 4.30. The molecule has 0 radical (unpaired) electrons. The van der Waals surface area contributed by atoms with Gasteiger partial charge in [-0.1, -0.05) is 0 Å². The minimum absolute atomic E-state index is 0.0450. The highest BCUT2D eigenvalue weighted by Gasteiger charge is 2.32. The molecule has 2 aromatic heterocycles. The van der Waals surface area contributed by atoms with Gasteiger partial charge in [-0.05, 0) is 50.1 Å². The number of nitrogens with zero attached hydrogens (tertiary/aromatic N) is 5. The van der Waals surface area contributed by atoms with Crippen LogP contribution in [0.5, 0.6) is 0 Å². The number of hydrogen-bond acceptors (Lipinski definition) is 6. The minimum atomic E-state index is -0.257. The van der Waals surface area contributed by atoms with Crippen molar-refractivity contribution in [3.05, 3.63) is 48.5 Å². The third-order valence-electron chi connectivity index (χ3n) is 4.37. The molecule has 4 rings (SSSR count). The lowest BCUT2D eigenvalue weighted by Crippen LogP contribution is -2.40. The Hall–Kier alpha value is -3.29. The normalized spacial score (nSPS) is 16.7. The van der Waals surface area contributed by atoms with Crippen LogP contribution in [-0.4, -0.2) is 43.6 Å². The minimum Gasteiger partial charge on any atom is -0.329 e. The molecule has 8 heteroatoms. The number of aromatic nitrogens is 5. The van der Waals surface area contributed by atoms with Gasteiger partial charge < -0.3 is 10.2 Å². The summed E-state index contributed by atoms with van der Waals surface area (Å²) in [6, 6.07) is 9.02. The van der Waals surface area contributed by atoms with Gasteiger partial charge in [-0.15, -0.1) is 0 Å². The summed E-state index contributed by atoms with van der Waals surface area (Å²) in [4.78, 5) is 27.5. The highest BCUT2D eigenvalue weighted by molar-refractivity contribution is 5.97. The van der Waals surface area contributed by atoms with Gasteiger partial charge in [0.25, 0.3) is 0 Å². The van der Waals surface area contributed by atoms with E-state index in [1.165, 1.54) is 0 Å². The van der Waals surface area contributed by atoms with Crippen LogP contribution in [0.25, 0.3) is 11.4 Å². The quantitative estimate of drug-likeness (QED) is 0.749. The van der Waals surface area contributed by atoms with E-state index in [1.807, 2.05) is 36.1 Å². The molecule has 1 amide bonds. The van der Waals surface area contributed by atoms with E-state index in [9.17, 15) is 4.79 Å². The summed E-state index contributed by atoms with van der Waals surface area (Å²) in [6.45, 7) is 2.64. The summed E-state index contributed by atoms with van der Waals surface area (Å²) in [6.07, 6.45) is 5.12. The molecule has 0 spiro atoms. The predicted molar refractivity (Wildman–Crippen MR) is 97.6 cm³/mol. The smallest absolute Gasteiger partial charge is 0.247 e. The van der Waals surface area contributed by atoms with Crippen LogP contribution in [0, 0.1) is 6.92 Å².